The summed E-state index contributed by atoms with van der Waals surface area (Å²) in [6.45, 7) is 5.07. The van der Waals surface area contributed by atoms with Gasteiger partial charge in [0.05, 0.1) is 17.2 Å². The van der Waals surface area contributed by atoms with Gasteiger partial charge in [0.1, 0.15) is 0 Å². The molecule has 0 aliphatic carbocycles. The Morgan fingerprint density at radius 1 is 1.40 bits per heavy atom. The van der Waals surface area contributed by atoms with Gasteiger partial charge in [-0.2, -0.15) is 0 Å². The van der Waals surface area contributed by atoms with Gasteiger partial charge in [-0.05, 0) is 17.7 Å². The van der Waals surface area contributed by atoms with Crippen molar-refractivity contribution in [2.45, 2.75) is 6.54 Å². The third-order valence-corrected chi connectivity index (χ3v) is 2.44. The van der Waals surface area contributed by atoms with E-state index in [9.17, 15) is 0 Å². The van der Waals surface area contributed by atoms with Crippen molar-refractivity contribution in [2.24, 2.45) is 0 Å². The standard InChI is InChI=1S/C11H13Cl2NO/c1-3-4-14-7-8-5-9(12)11(15-2)10(13)6-8/h3,5-6,14H,1,4,7H2,2H3. The van der Waals surface area contributed by atoms with Crippen LogP contribution in [0.25, 0.3) is 0 Å². The highest BCUT2D eigenvalue weighted by atomic mass is 35.5. The first kappa shape index (κ1) is 12.4. The van der Waals surface area contributed by atoms with Gasteiger partial charge in [0.2, 0.25) is 0 Å². The summed E-state index contributed by atoms with van der Waals surface area (Å²) in [5.41, 5.74) is 1.02. The summed E-state index contributed by atoms with van der Waals surface area (Å²) < 4.78 is 5.06. The highest BCUT2D eigenvalue weighted by Gasteiger charge is 2.07. The first-order valence-corrected chi connectivity index (χ1v) is 5.28. The molecule has 0 heterocycles. The van der Waals surface area contributed by atoms with Gasteiger partial charge in [0.25, 0.3) is 0 Å². The van der Waals surface area contributed by atoms with Gasteiger partial charge in [0, 0.05) is 13.1 Å². The molecule has 0 aliphatic heterocycles. The average Bonchev–Trinajstić information content (AvgIpc) is 2.18. The van der Waals surface area contributed by atoms with Gasteiger partial charge in [-0.25, -0.2) is 0 Å². The summed E-state index contributed by atoms with van der Waals surface area (Å²) in [5, 5.41) is 4.22. The summed E-state index contributed by atoms with van der Waals surface area (Å²) in [5.74, 6) is 0.519. The molecule has 15 heavy (non-hydrogen) atoms. The van der Waals surface area contributed by atoms with Crippen molar-refractivity contribution in [3.8, 4) is 5.75 Å². The molecule has 4 heteroatoms. The molecule has 0 fully saturated rings. The lowest BCUT2D eigenvalue weighted by Crippen LogP contribution is -2.12. The minimum absolute atomic E-state index is 0.519. The molecule has 0 aliphatic rings. The Hall–Kier alpha value is -0.700. The largest absolute Gasteiger partial charge is 0.494 e. The smallest absolute Gasteiger partial charge is 0.156 e. The topological polar surface area (TPSA) is 21.3 Å². The Kier molecular flexibility index (Phi) is 4.95. The van der Waals surface area contributed by atoms with Crippen LogP contribution in [-0.2, 0) is 6.54 Å². The summed E-state index contributed by atoms with van der Waals surface area (Å²) in [6.07, 6.45) is 1.80. The highest BCUT2D eigenvalue weighted by molar-refractivity contribution is 6.37. The molecule has 1 aromatic rings. The van der Waals surface area contributed by atoms with Crippen molar-refractivity contribution in [1.29, 1.82) is 0 Å². The highest BCUT2D eigenvalue weighted by Crippen LogP contribution is 2.33. The second-order valence-corrected chi connectivity index (χ2v) is 3.83. The minimum Gasteiger partial charge on any atom is -0.494 e. The maximum absolute atomic E-state index is 5.99. The maximum Gasteiger partial charge on any atom is 0.156 e. The molecule has 0 unspecified atom stereocenters. The van der Waals surface area contributed by atoms with Crippen LogP contribution in [0.5, 0.6) is 5.75 Å². The Morgan fingerprint density at radius 2 is 2.00 bits per heavy atom. The van der Waals surface area contributed by atoms with E-state index in [0.717, 1.165) is 12.1 Å². The maximum atomic E-state index is 5.99. The van der Waals surface area contributed by atoms with E-state index < -0.39 is 0 Å². The molecule has 82 valence electrons. The van der Waals surface area contributed by atoms with Crippen molar-refractivity contribution in [3.05, 3.63) is 40.4 Å². The van der Waals surface area contributed by atoms with Crippen LogP contribution < -0.4 is 10.1 Å². The van der Waals surface area contributed by atoms with Crippen LogP contribution in [0.15, 0.2) is 24.8 Å². The number of hydrogen-bond acceptors (Lipinski definition) is 2. The van der Waals surface area contributed by atoms with Gasteiger partial charge >= 0.3 is 0 Å². The van der Waals surface area contributed by atoms with E-state index in [1.54, 1.807) is 13.2 Å². The zero-order valence-electron chi connectivity index (χ0n) is 8.52. The molecule has 0 saturated heterocycles. The van der Waals surface area contributed by atoms with Crippen LogP contribution in [-0.4, -0.2) is 13.7 Å². The summed E-state index contributed by atoms with van der Waals surface area (Å²) in [7, 11) is 1.54. The third kappa shape index (κ3) is 3.42. The molecular formula is C11H13Cl2NO. The van der Waals surface area contributed by atoms with E-state index in [1.807, 2.05) is 12.1 Å². The molecule has 1 aromatic carbocycles. The number of hydrogen-bond donors (Lipinski definition) is 1. The monoisotopic (exact) mass is 245 g/mol. The SMILES string of the molecule is C=CCNCc1cc(Cl)c(OC)c(Cl)c1. The summed E-state index contributed by atoms with van der Waals surface area (Å²) >= 11 is 12.0. The van der Waals surface area contributed by atoms with E-state index in [2.05, 4.69) is 11.9 Å². The van der Waals surface area contributed by atoms with Crippen molar-refractivity contribution in [1.82, 2.24) is 5.32 Å². The van der Waals surface area contributed by atoms with Crippen LogP contribution in [0, 0.1) is 0 Å². The molecule has 1 rings (SSSR count). The summed E-state index contributed by atoms with van der Waals surface area (Å²) in [6, 6.07) is 3.67. The number of halogens is 2. The Bertz CT molecular complexity index is 329. The fraction of sp³-hybridized carbons (Fsp3) is 0.273. The predicted octanol–water partition coefficient (Wildman–Crippen LogP) is 3.28. The van der Waals surface area contributed by atoms with Crippen molar-refractivity contribution >= 4 is 23.2 Å². The van der Waals surface area contributed by atoms with Crippen LogP contribution >= 0.6 is 23.2 Å². The number of methoxy groups -OCH3 is 1. The van der Waals surface area contributed by atoms with E-state index in [1.165, 1.54) is 0 Å². The molecule has 0 saturated carbocycles. The fourth-order valence-electron chi connectivity index (χ4n) is 1.23. The number of rotatable bonds is 5. The van der Waals surface area contributed by atoms with Gasteiger partial charge in [-0.1, -0.05) is 29.3 Å². The van der Waals surface area contributed by atoms with E-state index in [0.29, 0.717) is 22.3 Å². The first-order chi connectivity index (χ1) is 7.19. The number of benzene rings is 1. The molecule has 2 nitrogen and oxygen atoms in total. The molecule has 1 N–H and O–H groups in total. The van der Waals surface area contributed by atoms with Crippen LogP contribution in [0.3, 0.4) is 0 Å². The third-order valence-electron chi connectivity index (χ3n) is 1.88. The Labute approximate surface area is 99.8 Å². The molecule has 0 atom stereocenters. The molecule has 0 radical (unpaired) electrons. The van der Waals surface area contributed by atoms with Crippen LogP contribution in [0.4, 0.5) is 0 Å². The Morgan fingerprint density at radius 3 is 2.47 bits per heavy atom. The lowest BCUT2D eigenvalue weighted by Gasteiger charge is -2.08. The van der Waals surface area contributed by atoms with Crippen LogP contribution in [0.2, 0.25) is 10.0 Å². The van der Waals surface area contributed by atoms with Gasteiger partial charge in [-0.15, -0.1) is 6.58 Å². The first-order valence-electron chi connectivity index (χ1n) is 4.52. The Balaban J connectivity index is 2.79. The van der Waals surface area contributed by atoms with Gasteiger partial charge in [0.15, 0.2) is 5.75 Å². The molecule has 0 aromatic heterocycles. The van der Waals surface area contributed by atoms with E-state index >= 15 is 0 Å². The normalized spacial score (nSPS) is 10.1. The lowest BCUT2D eigenvalue weighted by molar-refractivity contribution is 0.415. The van der Waals surface area contributed by atoms with Gasteiger partial charge in [-0.3, -0.25) is 0 Å². The average molecular weight is 246 g/mol. The molecule has 0 bridgehead atoms. The quantitative estimate of drug-likeness (QED) is 0.635. The molecular weight excluding hydrogens is 233 g/mol. The zero-order valence-corrected chi connectivity index (χ0v) is 10.0. The van der Waals surface area contributed by atoms with Crippen molar-refractivity contribution < 1.29 is 4.74 Å². The molecule has 0 spiro atoms. The fourth-order valence-corrected chi connectivity index (χ4v) is 1.91. The minimum atomic E-state index is 0.519. The van der Waals surface area contributed by atoms with Crippen molar-refractivity contribution in [2.75, 3.05) is 13.7 Å². The van der Waals surface area contributed by atoms with E-state index in [-0.39, 0.29) is 0 Å². The summed E-state index contributed by atoms with van der Waals surface area (Å²) in [4.78, 5) is 0. The molecule has 0 amide bonds. The van der Waals surface area contributed by atoms with E-state index in [4.69, 9.17) is 27.9 Å². The second-order valence-electron chi connectivity index (χ2n) is 3.01. The zero-order chi connectivity index (χ0) is 11.3. The lowest BCUT2D eigenvalue weighted by atomic mass is 10.2. The van der Waals surface area contributed by atoms with Crippen LogP contribution in [0.1, 0.15) is 5.56 Å². The van der Waals surface area contributed by atoms with Crippen molar-refractivity contribution in [3.63, 3.8) is 0 Å². The number of nitrogens with one attached hydrogen (secondary N) is 1. The predicted molar refractivity (Wildman–Crippen MR) is 64.9 cm³/mol. The van der Waals surface area contributed by atoms with Gasteiger partial charge < -0.3 is 10.1 Å². The second kappa shape index (κ2) is 6.01. The number of ether oxygens (including phenoxy) is 1.